The molecule has 1 amide bonds. The minimum Gasteiger partial charge on any atom is -0.354 e. The second-order valence-corrected chi connectivity index (χ2v) is 7.97. The Bertz CT molecular complexity index is 1230. The van der Waals surface area contributed by atoms with E-state index in [1.165, 1.54) is 6.20 Å². The highest BCUT2D eigenvalue weighted by atomic mass is 16.1. The van der Waals surface area contributed by atoms with Crippen LogP contribution in [0.2, 0.25) is 0 Å². The largest absolute Gasteiger partial charge is 0.354 e. The van der Waals surface area contributed by atoms with Gasteiger partial charge in [-0.2, -0.15) is 0 Å². The second kappa shape index (κ2) is 10.1. The van der Waals surface area contributed by atoms with Gasteiger partial charge in [-0.25, -0.2) is 9.97 Å². The number of carbonyl (C=O) groups excluding carboxylic acids is 1. The fourth-order valence-corrected chi connectivity index (χ4v) is 3.66. The summed E-state index contributed by atoms with van der Waals surface area (Å²) in [4.78, 5) is 34.3. The molecule has 0 aliphatic carbocycles. The van der Waals surface area contributed by atoms with Gasteiger partial charge in [0.05, 0.1) is 0 Å². The van der Waals surface area contributed by atoms with Crippen LogP contribution < -0.4 is 10.2 Å². The average molecular weight is 442 g/mol. The highest BCUT2D eigenvalue weighted by Gasteiger charge is 2.17. The van der Waals surface area contributed by atoms with Crippen LogP contribution in [0.3, 0.4) is 0 Å². The molecule has 1 aliphatic rings. The number of nitrogens with one attached hydrogen (secondary N) is 1. The lowest BCUT2D eigenvalue weighted by atomic mass is 10.1. The number of likely N-dealkylation sites (N-methyl/N-ethyl adjacent to an activating group) is 1. The van der Waals surface area contributed by atoms with E-state index in [-0.39, 0.29) is 5.91 Å². The topological polar surface area (TPSA) is 86.1 Å². The van der Waals surface area contributed by atoms with Gasteiger partial charge in [-0.15, -0.1) is 0 Å². The van der Waals surface area contributed by atoms with Crippen LogP contribution in [0.15, 0.2) is 71.2 Å². The standard InChI is InChI=1S/C25H27N7O/c1-18(27-9-8-26-2)19-4-5-21-17-29-23(15-22(21)14-19)30-25(33)20-6-7-28-24(16-20)32-12-10-31(3)11-13-32/h4-9,14-17H,2,10-13H2,1,3H3,(H,29,30,33)/b9-8-,27-18+. The summed E-state index contributed by atoms with van der Waals surface area (Å²) in [5.74, 6) is 1.10. The summed E-state index contributed by atoms with van der Waals surface area (Å²) < 4.78 is 0. The summed E-state index contributed by atoms with van der Waals surface area (Å²) in [5, 5.41) is 4.86. The van der Waals surface area contributed by atoms with Crippen LogP contribution in [-0.2, 0) is 0 Å². The molecular formula is C25H27N7O. The molecule has 1 saturated heterocycles. The fraction of sp³-hybridized carbons (Fsp3) is 0.240. The van der Waals surface area contributed by atoms with Gasteiger partial charge in [0.15, 0.2) is 0 Å². The maximum absolute atomic E-state index is 12.9. The van der Waals surface area contributed by atoms with E-state index in [1.807, 2.05) is 37.3 Å². The molecule has 1 N–H and O–H groups in total. The second-order valence-electron chi connectivity index (χ2n) is 7.97. The Hall–Kier alpha value is -3.91. The lowest BCUT2D eigenvalue weighted by Crippen LogP contribution is -2.44. The minimum atomic E-state index is -0.212. The summed E-state index contributed by atoms with van der Waals surface area (Å²) in [6.07, 6.45) is 6.58. The third-order valence-electron chi connectivity index (χ3n) is 5.66. The van der Waals surface area contributed by atoms with Crippen LogP contribution in [0.5, 0.6) is 0 Å². The smallest absolute Gasteiger partial charge is 0.257 e. The van der Waals surface area contributed by atoms with Crippen LogP contribution in [0.1, 0.15) is 22.8 Å². The number of amides is 1. The highest BCUT2D eigenvalue weighted by Crippen LogP contribution is 2.20. The molecule has 3 heterocycles. The van der Waals surface area contributed by atoms with E-state index in [2.05, 4.69) is 48.8 Å². The maximum Gasteiger partial charge on any atom is 0.257 e. The molecule has 0 spiro atoms. The number of aliphatic imine (C=N–C) groups is 2. The average Bonchev–Trinajstić information content (AvgIpc) is 2.84. The molecule has 0 radical (unpaired) electrons. The number of pyridine rings is 2. The van der Waals surface area contributed by atoms with Crippen LogP contribution in [0.25, 0.3) is 10.8 Å². The van der Waals surface area contributed by atoms with Crippen molar-refractivity contribution in [1.29, 1.82) is 0 Å². The van der Waals surface area contributed by atoms with Gasteiger partial charge >= 0.3 is 0 Å². The molecule has 0 atom stereocenters. The Labute approximate surface area is 193 Å². The number of hydrogen-bond donors (Lipinski definition) is 1. The van der Waals surface area contributed by atoms with Gasteiger partial charge in [-0.05, 0) is 55.9 Å². The van der Waals surface area contributed by atoms with E-state index in [0.29, 0.717) is 11.4 Å². The zero-order valence-corrected chi connectivity index (χ0v) is 18.9. The number of piperazine rings is 1. The van der Waals surface area contributed by atoms with Crippen molar-refractivity contribution in [1.82, 2.24) is 14.9 Å². The number of nitrogens with zero attached hydrogens (tertiary/aromatic N) is 6. The summed E-state index contributed by atoms with van der Waals surface area (Å²) >= 11 is 0. The first kappa shape index (κ1) is 22.3. The predicted molar refractivity (Wildman–Crippen MR) is 135 cm³/mol. The van der Waals surface area contributed by atoms with E-state index in [4.69, 9.17) is 0 Å². The van der Waals surface area contributed by atoms with E-state index in [9.17, 15) is 4.79 Å². The Balaban J connectivity index is 1.52. The van der Waals surface area contributed by atoms with E-state index >= 15 is 0 Å². The molecule has 0 bridgehead atoms. The number of carbonyl (C=O) groups is 1. The molecule has 33 heavy (non-hydrogen) atoms. The molecule has 1 aliphatic heterocycles. The van der Waals surface area contributed by atoms with Crippen LogP contribution in [0.4, 0.5) is 11.6 Å². The minimum absolute atomic E-state index is 0.212. The zero-order valence-electron chi connectivity index (χ0n) is 18.9. The van der Waals surface area contributed by atoms with Gasteiger partial charge in [0.25, 0.3) is 5.91 Å². The molecule has 1 aromatic carbocycles. The van der Waals surface area contributed by atoms with Crippen LogP contribution >= 0.6 is 0 Å². The Morgan fingerprint density at radius 1 is 1.03 bits per heavy atom. The Morgan fingerprint density at radius 3 is 2.64 bits per heavy atom. The molecule has 8 heteroatoms. The van der Waals surface area contributed by atoms with Crippen molar-refractivity contribution in [3.05, 3.63) is 72.3 Å². The molecule has 1 fully saturated rings. The lowest BCUT2D eigenvalue weighted by molar-refractivity contribution is 0.102. The van der Waals surface area contributed by atoms with Crippen molar-refractivity contribution < 1.29 is 4.79 Å². The molecule has 2 aromatic heterocycles. The van der Waals surface area contributed by atoms with Crippen molar-refractivity contribution in [2.75, 3.05) is 43.4 Å². The number of rotatable bonds is 6. The van der Waals surface area contributed by atoms with Crippen molar-refractivity contribution in [2.24, 2.45) is 9.98 Å². The quantitative estimate of drug-likeness (QED) is 0.591. The van der Waals surface area contributed by atoms with Crippen LogP contribution in [-0.4, -0.2) is 66.4 Å². The van der Waals surface area contributed by atoms with Gasteiger partial charge in [0.1, 0.15) is 11.6 Å². The lowest BCUT2D eigenvalue weighted by Gasteiger charge is -2.33. The van der Waals surface area contributed by atoms with Gasteiger partial charge in [0, 0.05) is 67.6 Å². The van der Waals surface area contributed by atoms with Crippen molar-refractivity contribution in [3.63, 3.8) is 0 Å². The molecule has 4 rings (SSSR count). The monoisotopic (exact) mass is 441 g/mol. The zero-order chi connectivity index (χ0) is 23.2. The molecule has 0 saturated carbocycles. The first-order chi connectivity index (χ1) is 16.0. The third-order valence-corrected chi connectivity index (χ3v) is 5.66. The van der Waals surface area contributed by atoms with Crippen molar-refractivity contribution in [3.8, 4) is 0 Å². The third kappa shape index (κ3) is 5.48. The van der Waals surface area contributed by atoms with Gasteiger partial charge in [0.2, 0.25) is 0 Å². The van der Waals surface area contributed by atoms with E-state index < -0.39 is 0 Å². The van der Waals surface area contributed by atoms with Gasteiger partial charge < -0.3 is 15.1 Å². The molecule has 8 nitrogen and oxygen atoms in total. The molecule has 0 unspecified atom stereocenters. The number of fused-ring (bicyclic) bond motifs is 1. The Kier molecular flexibility index (Phi) is 6.85. The fourth-order valence-electron chi connectivity index (χ4n) is 3.66. The van der Waals surface area contributed by atoms with E-state index in [0.717, 1.165) is 54.0 Å². The highest BCUT2D eigenvalue weighted by molar-refractivity contribution is 6.06. The van der Waals surface area contributed by atoms with Crippen molar-refractivity contribution in [2.45, 2.75) is 6.92 Å². The Morgan fingerprint density at radius 2 is 1.85 bits per heavy atom. The molecular weight excluding hydrogens is 414 g/mol. The van der Waals surface area contributed by atoms with Gasteiger partial charge in [-0.1, -0.05) is 12.1 Å². The van der Waals surface area contributed by atoms with Gasteiger partial charge in [-0.3, -0.25) is 14.8 Å². The molecule has 3 aromatic rings. The first-order valence-corrected chi connectivity index (χ1v) is 10.8. The maximum atomic E-state index is 12.9. The predicted octanol–water partition coefficient (Wildman–Crippen LogP) is 3.61. The molecule has 168 valence electrons. The van der Waals surface area contributed by atoms with E-state index in [1.54, 1.807) is 24.7 Å². The van der Waals surface area contributed by atoms with Crippen LogP contribution in [0, 0.1) is 0 Å². The normalized spacial score (nSPS) is 15.2. The summed E-state index contributed by atoms with van der Waals surface area (Å²) in [6.45, 7) is 9.08. The number of benzene rings is 1. The number of aromatic nitrogens is 2. The van der Waals surface area contributed by atoms with Crippen molar-refractivity contribution >= 4 is 40.7 Å². The summed E-state index contributed by atoms with van der Waals surface area (Å²) in [6, 6.07) is 11.4. The summed E-state index contributed by atoms with van der Waals surface area (Å²) in [7, 11) is 2.11. The number of anilines is 2. The number of hydrogen-bond acceptors (Lipinski definition) is 7. The first-order valence-electron chi connectivity index (χ1n) is 10.8. The SMILES string of the molecule is C=N/C=C\N=C(/C)c1ccc2cnc(NC(=O)c3ccnc(N4CCN(C)CC4)c3)cc2c1. The summed E-state index contributed by atoms with van der Waals surface area (Å²) in [5.41, 5.74) is 2.39.